The summed E-state index contributed by atoms with van der Waals surface area (Å²) >= 11 is 0. The van der Waals surface area contributed by atoms with Crippen molar-refractivity contribution in [1.29, 1.82) is 0 Å². The van der Waals surface area contributed by atoms with Crippen LogP contribution in [0.4, 0.5) is 0 Å². The smallest absolute Gasteiger partial charge is 0.316 e. The topological polar surface area (TPSA) is 70.7 Å². The van der Waals surface area contributed by atoms with Gasteiger partial charge in [0.05, 0.1) is 37.1 Å². The molecule has 3 aromatic heterocycles. The summed E-state index contributed by atoms with van der Waals surface area (Å²) in [4.78, 5) is 13.4. The van der Waals surface area contributed by atoms with Gasteiger partial charge in [-0.1, -0.05) is 37.3 Å². The second kappa shape index (κ2) is 7.64. The SMILES string of the molecule is CC[C@@H](c1cnn(C)c1)n1cnc(-c2ccccc2)c1-c1cnc(OC)nc1. The first kappa shape index (κ1) is 17.9. The van der Waals surface area contributed by atoms with Crippen molar-refractivity contribution in [1.82, 2.24) is 29.3 Å². The molecule has 4 rings (SSSR count). The van der Waals surface area contributed by atoms with Crippen molar-refractivity contribution >= 4 is 0 Å². The monoisotopic (exact) mass is 374 g/mol. The number of hydrogen-bond donors (Lipinski definition) is 0. The molecule has 0 amide bonds. The summed E-state index contributed by atoms with van der Waals surface area (Å²) in [5.74, 6) is 0. The molecule has 0 saturated carbocycles. The Balaban J connectivity index is 1.89. The van der Waals surface area contributed by atoms with Gasteiger partial charge in [0.15, 0.2) is 0 Å². The predicted molar refractivity (Wildman–Crippen MR) is 107 cm³/mol. The second-order valence-corrected chi connectivity index (χ2v) is 6.54. The molecule has 7 heteroatoms. The fourth-order valence-corrected chi connectivity index (χ4v) is 3.44. The van der Waals surface area contributed by atoms with Crippen LogP contribution in [0.5, 0.6) is 6.01 Å². The van der Waals surface area contributed by atoms with Gasteiger partial charge in [-0.15, -0.1) is 0 Å². The molecule has 142 valence electrons. The highest BCUT2D eigenvalue weighted by Crippen LogP contribution is 2.35. The number of rotatable bonds is 6. The Morgan fingerprint density at radius 1 is 1.00 bits per heavy atom. The van der Waals surface area contributed by atoms with Gasteiger partial charge < -0.3 is 9.30 Å². The maximum Gasteiger partial charge on any atom is 0.316 e. The third-order valence-corrected chi connectivity index (χ3v) is 4.76. The lowest BCUT2D eigenvalue weighted by Gasteiger charge is -2.19. The molecule has 0 spiro atoms. The van der Waals surface area contributed by atoms with E-state index in [4.69, 9.17) is 9.72 Å². The largest absolute Gasteiger partial charge is 0.467 e. The number of imidazole rings is 1. The molecule has 7 nitrogen and oxygen atoms in total. The van der Waals surface area contributed by atoms with Crippen LogP contribution in [0.3, 0.4) is 0 Å². The van der Waals surface area contributed by atoms with Gasteiger partial charge in [0.2, 0.25) is 0 Å². The van der Waals surface area contributed by atoms with Gasteiger partial charge in [0, 0.05) is 42.3 Å². The molecule has 0 saturated heterocycles. The Morgan fingerprint density at radius 3 is 2.36 bits per heavy atom. The van der Waals surface area contributed by atoms with E-state index in [0.717, 1.165) is 34.5 Å². The summed E-state index contributed by atoms with van der Waals surface area (Å²) < 4.78 is 9.12. The Bertz CT molecular complexity index is 1050. The van der Waals surface area contributed by atoms with Crippen LogP contribution in [0, 0.1) is 0 Å². The van der Waals surface area contributed by atoms with Crippen LogP contribution in [-0.2, 0) is 7.05 Å². The molecule has 0 aliphatic heterocycles. The van der Waals surface area contributed by atoms with Crippen molar-refractivity contribution in [2.45, 2.75) is 19.4 Å². The van der Waals surface area contributed by atoms with E-state index in [1.165, 1.54) is 0 Å². The first-order chi connectivity index (χ1) is 13.7. The van der Waals surface area contributed by atoms with Crippen molar-refractivity contribution in [2.24, 2.45) is 7.05 Å². The van der Waals surface area contributed by atoms with Crippen LogP contribution in [0.2, 0.25) is 0 Å². The zero-order valence-corrected chi connectivity index (χ0v) is 16.1. The molecule has 0 N–H and O–H groups in total. The number of hydrogen-bond acceptors (Lipinski definition) is 5. The maximum absolute atomic E-state index is 5.12. The molecule has 0 fully saturated rings. The average molecular weight is 374 g/mol. The molecule has 3 heterocycles. The minimum atomic E-state index is 0.107. The standard InChI is InChI=1S/C21H22N6O/c1-4-18(17-12-25-26(2)13-17)27-14-24-19(15-8-6-5-7-9-15)20(27)16-10-22-21(28-3)23-11-16/h5-14,18H,4H2,1-3H3/t18-/m0/s1. The first-order valence-corrected chi connectivity index (χ1v) is 9.18. The Kier molecular flexibility index (Phi) is 4.89. The maximum atomic E-state index is 5.12. The fourth-order valence-electron chi connectivity index (χ4n) is 3.44. The number of ether oxygens (including phenoxy) is 1. The minimum Gasteiger partial charge on any atom is -0.467 e. The van der Waals surface area contributed by atoms with E-state index in [1.807, 2.05) is 48.6 Å². The zero-order valence-electron chi connectivity index (χ0n) is 16.1. The average Bonchev–Trinajstić information content (AvgIpc) is 3.36. The Labute approximate surface area is 163 Å². The van der Waals surface area contributed by atoms with Gasteiger partial charge in [-0.25, -0.2) is 15.0 Å². The predicted octanol–water partition coefficient (Wildman–Crippen LogP) is 3.75. The third kappa shape index (κ3) is 3.26. The molecule has 1 atom stereocenters. The van der Waals surface area contributed by atoms with E-state index in [0.29, 0.717) is 6.01 Å². The summed E-state index contributed by atoms with van der Waals surface area (Å²) in [6, 6.07) is 10.6. The van der Waals surface area contributed by atoms with Crippen LogP contribution in [0.25, 0.3) is 22.5 Å². The van der Waals surface area contributed by atoms with Gasteiger partial charge in [0.1, 0.15) is 0 Å². The summed E-state index contributed by atoms with van der Waals surface area (Å²) in [5, 5.41) is 4.34. The van der Waals surface area contributed by atoms with Crippen LogP contribution < -0.4 is 4.74 Å². The highest BCUT2D eigenvalue weighted by atomic mass is 16.5. The molecule has 4 aromatic rings. The lowest BCUT2D eigenvalue weighted by Crippen LogP contribution is -2.10. The minimum absolute atomic E-state index is 0.107. The van der Waals surface area contributed by atoms with Gasteiger partial charge in [-0.3, -0.25) is 4.68 Å². The van der Waals surface area contributed by atoms with Gasteiger partial charge in [-0.05, 0) is 6.42 Å². The van der Waals surface area contributed by atoms with E-state index < -0.39 is 0 Å². The molecule has 0 aliphatic rings. The Hall–Kier alpha value is -3.48. The highest BCUT2D eigenvalue weighted by molar-refractivity contribution is 5.78. The van der Waals surface area contributed by atoms with Gasteiger partial charge >= 0.3 is 6.01 Å². The number of aryl methyl sites for hydroxylation is 1. The number of methoxy groups -OCH3 is 1. The molecule has 0 unspecified atom stereocenters. The van der Waals surface area contributed by atoms with Gasteiger partial charge in [0.25, 0.3) is 0 Å². The molecular formula is C21H22N6O. The highest BCUT2D eigenvalue weighted by Gasteiger charge is 2.22. The lowest BCUT2D eigenvalue weighted by atomic mass is 10.0. The molecule has 0 aliphatic carbocycles. The van der Waals surface area contributed by atoms with Crippen LogP contribution >= 0.6 is 0 Å². The van der Waals surface area contributed by atoms with Crippen molar-refractivity contribution in [3.8, 4) is 28.5 Å². The van der Waals surface area contributed by atoms with Crippen LogP contribution in [-0.4, -0.2) is 36.4 Å². The van der Waals surface area contributed by atoms with Crippen molar-refractivity contribution in [2.75, 3.05) is 7.11 Å². The van der Waals surface area contributed by atoms with E-state index in [2.05, 4.69) is 38.7 Å². The van der Waals surface area contributed by atoms with E-state index in [-0.39, 0.29) is 6.04 Å². The number of benzene rings is 1. The van der Waals surface area contributed by atoms with Crippen LogP contribution in [0.15, 0.2) is 61.4 Å². The second-order valence-electron chi connectivity index (χ2n) is 6.54. The first-order valence-electron chi connectivity index (χ1n) is 9.18. The molecule has 1 aromatic carbocycles. The van der Waals surface area contributed by atoms with Crippen molar-refractivity contribution in [3.05, 3.63) is 67.0 Å². The van der Waals surface area contributed by atoms with E-state index in [1.54, 1.807) is 19.5 Å². The fraction of sp³-hybridized carbons (Fsp3) is 0.238. The van der Waals surface area contributed by atoms with Gasteiger partial charge in [-0.2, -0.15) is 5.10 Å². The molecule has 0 radical (unpaired) electrons. The zero-order chi connectivity index (χ0) is 19.5. The van der Waals surface area contributed by atoms with E-state index >= 15 is 0 Å². The van der Waals surface area contributed by atoms with Crippen LogP contribution in [0.1, 0.15) is 24.9 Å². The third-order valence-electron chi connectivity index (χ3n) is 4.76. The summed E-state index contributed by atoms with van der Waals surface area (Å²) in [7, 11) is 3.49. The quantitative estimate of drug-likeness (QED) is 0.514. The number of aromatic nitrogens is 6. The lowest BCUT2D eigenvalue weighted by molar-refractivity contribution is 0.380. The van der Waals surface area contributed by atoms with Crippen molar-refractivity contribution < 1.29 is 4.74 Å². The summed E-state index contributed by atoms with van der Waals surface area (Å²) in [5.41, 5.74) is 4.95. The summed E-state index contributed by atoms with van der Waals surface area (Å²) in [6.07, 6.45) is 10.3. The molecule has 0 bridgehead atoms. The Morgan fingerprint density at radius 2 is 1.75 bits per heavy atom. The molecular weight excluding hydrogens is 352 g/mol. The normalized spacial score (nSPS) is 12.1. The molecule has 28 heavy (non-hydrogen) atoms. The number of nitrogens with zero attached hydrogens (tertiary/aromatic N) is 6. The van der Waals surface area contributed by atoms with E-state index in [9.17, 15) is 0 Å². The summed E-state index contributed by atoms with van der Waals surface area (Å²) in [6.45, 7) is 2.16. The van der Waals surface area contributed by atoms with Crippen molar-refractivity contribution in [3.63, 3.8) is 0 Å².